The minimum Gasteiger partial charge on any atom is -0.481 e. The van der Waals surface area contributed by atoms with Crippen molar-refractivity contribution in [1.82, 2.24) is 9.97 Å². The zero-order valence-corrected chi connectivity index (χ0v) is 13.3. The zero-order chi connectivity index (χ0) is 17.5. The van der Waals surface area contributed by atoms with Gasteiger partial charge in [-0.3, -0.25) is 4.79 Å². The van der Waals surface area contributed by atoms with Gasteiger partial charge in [-0.15, -0.1) is 0 Å². The molecule has 0 aliphatic rings. The van der Waals surface area contributed by atoms with E-state index in [0.29, 0.717) is 12.2 Å². The number of ether oxygens (including phenoxy) is 1. The van der Waals surface area contributed by atoms with E-state index in [1.807, 2.05) is 32.0 Å². The number of nitrogens with one attached hydrogen (secondary N) is 1. The fraction of sp³-hybridized carbons (Fsp3) is 0.235. The molecule has 24 heavy (non-hydrogen) atoms. The Morgan fingerprint density at radius 3 is 2.71 bits per heavy atom. The molecule has 0 radical (unpaired) electrons. The molecule has 0 aliphatic carbocycles. The van der Waals surface area contributed by atoms with Crippen LogP contribution in [-0.4, -0.2) is 22.0 Å². The normalized spacial score (nSPS) is 11.0. The number of anilines is 1. The smallest absolute Gasteiger partial charge is 0.266 e. The van der Waals surface area contributed by atoms with E-state index in [2.05, 4.69) is 15.3 Å². The van der Waals surface area contributed by atoms with Gasteiger partial charge in [0, 0.05) is 0 Å². The van der Waals surface area contributed by atoms with Crippen LogP contribution in [-0.2, 0) is 4.79 Å². The fourth-order valence-electron chi connectivity index (χ4n) is 1.99. The summed E-state index contributed by atoms with van der Waals surface area (Å²) < 4.78 is 5.70. The van der Waals surface area contributed by atoms with Crippen LogP contribution in [0.25, 0.3) is 0 Å². The second kappa shape index (κ2) is 7.70. The molecular formula is C17H15N5O2. The van der Waals surface area contributed by atoms with E-state index < -0.39 is 12.0 Å². The number of hydrogen-bond donors (Lipinski definition) is 1. The SMILES string of the molecule is CCC(Oc1cccc(C)c1)C(=O)Nc1cnc(C#N)c(C#N)n1. The first-order valence-corrected chi connectivity index (χ1v) is 7.28. The van der Waals surface area contributed by atoms with E-state index in [1.54, 1.807) is 18.2 Å². The van der Waals surface area contributed by atoms with Gasteiger partial charge in [-0.05, 0) is 31.0 Å². The van der Waals surface area contributed by atoms with Crippen molar-refractivity contribution in [3.05, 3.63) is 47.4 Å². The highest BCUT2D eigenvalue weighted by Crippen LogP contribution is 2.16. The Labute approximate surface area is 139 Å². The van der Waals surface area contributed by atoms with Gasteiger partial charge in [0.15, 0.2) is 23.3 Å². The van der Waals surface area contributed by atoms with Crippen LogP contribution >= 0.6 is 0 Å². The molecule has 2 aromatic rings. The van der Waals surface area contributed by atoms with Crippen LogP contribution in [0.1, 0.15) is 30.3 Å². The van der Waals surface area contributed by atoms with Crippen molar-refractivity contribution < 1.29 is 9.53 Å². The molecule has 7 nitrogen and oxygen atoms in total. The molecule has 0 bridgehead atoms. The molecule has 1 unspecified atom stereocenters. The molecule has 1 atom stereocenters. The molecule has 0 saturated carbocycles. The van der Waals surface area contributed by atoms with Crippen LogP contribution < -0.4 is 10.1 Å². The molecule has 0 saturated heterocycles. The van der Waals surface area contributed by atoms with Crippen molar-refractivity contribution in [1.29, 1.82) is 10.5 Å². The highest BCUT2D eigenvalue weighted by Gasteiger charge is 2.20. The van der Waals surface area contributed by atoms with Gasteiger partial charge >= 0.3 is 0 Å². The van der Waals surface area contributed by atoms with Gasteiger partial charge in [0.2, 0.25) is 0 Å². The number of hydrogen-bond acceptors (Lipinski definition) is 6. The number of aromatic nitrogens is 2. The first-order chi connectivity index (χ1) is 11.6. The number of aryl methyl sites for hydroxylation is 1. The zero-order valence-electron chi connectivity index (χ0n) is 13.3. The van der Waals surface area contributed by atoms with Crippen molar-refractivity contribution in [2.24, 2.45) is 0 Å². The molecule has 0 fully saturated rings. The lowest BCUT2D eigenvalue weighted by Gasteiger charge is -2.17. The van der Waals surface area contributed by atoms with Gasteiger partial charge < -0.3 is 10.1 Å². The van der Waals surface area contributed by atoms with E-state index in [9.17, 15) is 4.79 Å². The maximum absolute atomic E-state index is 12.3. The summed E-state index contributed by atoms with van der Waals surface area (Å²) >= 11 is 0. The van der Waals surface area contributed by atoms with Crippen molar-refractivity contribution in [3.8, 4) is 17.9 Å². The average Bonchev–Trinajstić information content (AvgIpc) is 2.59. The molecule has 1 heterocycles. The van der Waals surface area contributed by atoms with Gasteiger partial charge in [-0.1, -0.05) is 19.1 Å². The number of nitriles is 2. The highest BCUT2D eigenvalue weighted by atomic mass is 16.5. The third-order valence-electron chi connectivity index (χ3n) is 3.17. The third kappa shape index (κ3) is 4.05. The van der Waals surface area contributed by atoms with Gasteiger partial charge in [-0.25, -0.2) is 9.97 Å². The Morgan fingerprint density at radius 1 is 1.33 bits per heavy atom. The van der Waals surface area contributed by atoms with Crippen LogP contribution in [0.3, 0.4) is 0 Å². The second-order valence-electron chi connectivity index (χ2n) is 5.00. The lowest BCUT2D eigenvalue weighted by Crippen LogP contribution is -2.32. The molecule has 0 spiro atoms. The highest BCUT2D eigenvalue weighted by molar-refractivity contribution is 5.93. The summed E-state index contributed by atoms with van der Waals surface area (Å²) in [6, 6.07) is 10.9. The monoisotopic (exact) mass is 321 g/mol. The molecule has 120 valence electrons. The summed E-state index contributed by atoms with van der Waals surface area (Å²) in [4.78, 5) is 20.0. The quantitative estimate of drug-likeness (QED) is 0.904. The summed E-state index contributed by atoms with van der Waals surface area (Å²) in [7, 11) is 0. The van der Waals surface area contributed by atoms with Crippen LogP contribution in [0, 0.1) is 29.6 Å². The topological polar surface area (TPSA) is 112 Å². The van der Waals surface area contributed by atoms with Gasteiger partial charge in [0.1, 0.15) is 17.9 Å². The Balaban J connectivity index is 2.12. The fourth-order valence-corrected chi connectivity index (χ4v) is 1.99. The largest absolute Gasteiger partial charge is 0.481 e. The maximum atomic E-state index is 12.3. The van der Waals surface area contributed by atoms with E-state index in [1.165, 1.54) is 6.20 Å². The van der Waals surface area contributed by atoms with E-state index in [4.69, 9.17) is 15.3 Å². The van der Waals surface area contributed by atoms with E-state index in [0.717, 1.165) is 5.56 Å². The summed E-state index contributed by atoms with van der Waals surface area (Å²) in [6.07, 6.45) is 0.973. The summed E-state index contributed by atoms with van der Waals surface area (Å²) in [6.45, 7) is 3.76. The number of nitrogens with zero attached hydrogens (tertiary/aromatic N) is 4. The summed E-state index contributed by atoms with van der Waals surface area (Å²) in [5.41, 5.74) is 0.806. The van der Waals surface area contributed by atoms with Crippen molar-refractivity contribution in [2.75, 3.05) is 5.32 Å². The minimum absolute atomic E-state index is 0.0847. The predicted molar refractivity (Wildman–Crippen MR) is 86.0 cm³/mol. The van der Waals surface area contributed by atoms with Gasteiger partial charge in [-0.2, -0.15) is 10.5 Å². The minimum atomic E-state index is -0.713. The van der Waals surface area contributed by atoms with E-state index in [-0.39, 0.29) is 17.2 Å². The molecule has 2 rings (SSSR count). The molecule has 1 N–H and O–H groups in total. The average molecular weight is 321 g/mol. The van der Waals surface area contributed by atoms with Gasteiger partial charge in [0.25, 0.3) is 5.91 Å². The maximum Gasteiger partial charge on any atom is 0.266 e. The lowest BCUT2D eigenvalue weighted by atomic mass is 10.2. The standard InChI is InChI=1S/C17H15N5O2/c1-3-15(24-12-6-4-5-11(2)7-12)17(23)22-16-10-20-13(8-18)14(9-19)21-16/h4-7,10,15H,3H2,1-2H3,(H,21,22,23). The van der Waals surface area contributed by atoms with Crippen LogP contribution in [0.4, 0.5) is 5.82 Å². The van der Waals surface area contributed by atoms with Crippen LogP contribution in [0.5, 0.6) is 5.75 Å². The number of carbonyl (C=O) groups excluding carboxylic acids is 1. The third-order valence-corrected chi connectivity index (χ3v) is 3.17. The van der Waals surface area contributed by atoms with E-state index >= 15 is 0 Å². The summed E-state index contributed by atoms with van der Waals surface area (Å²) in [5, 5.41) is 20.3. The Morgan fingerprint density at radius 2 is 2.08 bits per heavy atom. The van der Waals surface area contributed by atoms with Crippen LogP contribution in [0.15, 0.2) is 30.5 Å². The van der Waals surface area contributed by atoms with Crippen molar-refractivity contribution in [2.45, 2.75) is 26.4 Å². The first kappa shape index (κ1) is 16.9. The molecule has 1 aromatic heterocycles. The number of benzene rings is 1. The summed E-state index contributed by atoms with van der Waals surface area (Å²) in [5.74, 6) is 0.296. The predicted octanol–water partition coefficient (Wildman–Crippen LogP) is 2.32. The number of amides is 1. The molecule has 1 aromatic carbocycles. The Bertz CT molecular complexity index is 836. The Hall–Kier alpha value is -3.45. The van der Waals surface area contributed by atoms with Crippen LogP contribution in [0.2, 0.25) is 0 Å². The van der Waals surface area contributed by atoms with Crippen molar-refractivity contribution >= 4 is 11.7 Å². The van der Waals surface area contributed by atoms with Crippen molar-refractivity contribution in [3.63, 3.8) is 0 Å². The van der Waals surface area contributed by atoms with Gasteiger partial charge in [0.05, 0.1) is 6.20 Å². The second-order valence-corrected chi connectivity index (χ2v) is 5.00. The lowest BCUT2D eigenvalue weighted by molar-refractivity contribution is -0.122. The number of carbonyl (C=O) groups is 1. The molecular weight excluding hydrogens is 306 g/mol. The molecule has 1 amide bonds. The number of rotatable bonds is 5. The first-order valence-electron chi connectivity index (χ1n) is 7.28. The molecule has 7 heteroatoms. The molecule has 0 aliphatic heterocycles. The Kier molecular flexibility index (Phi) is 5.43.